The van der Waals surface area contributed by atoms with Crippen LogP contribution >= 0.6 is 0 Å². The molecule has 0 atom stereocenters. The van der Waals surface area contributed by atoms with Crippen LogP contribution in [-0.2, 0) is 6.42 Å². The number of rotatable bonds is 5. The molecule has 90 valence electrons. The van der Waals surface area contributed by atoms with Crippen LogP contribution in [0.5, 0.6) is 5.75 Å². The highest BCUT2D eigenvalue weighted by Gasteiger charge is 2.15. The molecule has 1 aromatic carbocycles. The van der Waals surface area contributed by atoms with E-state index in [0.29, 0.717) is 12.3 Å². The average molecular weight is 225 g/mol. The van der Waals surface area contributed by atoms with Crippen LogP contribution in [0.3, 0.4) is 0 Å². The molecule has 0 fully saturated rings. The molecule has 1 rings (SSSR count). The minimum absolute atomic E-state index is 0.108. The van der Waals surface area contributed by atoms with E-state index in [1.807, 2.05) is 6.07 Å². The predicted molar refractivity (Wildman–Crippen MR) is 64.1 cm³/mol. The van der Waals surface area contributed by atoms with Gasteiger partial charge in [0.1, 0.15) is 0 Å². The van der Waals surface area contributed by atoms with Gasteiger partial charge in [0.2, 0.25) is 0 Å². The smallest absolute Gasteiger partial charge is 0.165 e. The third kappa shape index (κ3) is 3.49. The molecule has 0 bridgehead atoms. The molecule has 0 amide bonds. The summed E-state index contributed by atoms with van der Waals surface area (Å²) in [6, 6.07) is 5.10. The summed E-state index contributed by atoms with van der Waals surface area (Å²) < 4.78 is 18.3. The molecule has 3 heteroatoms. The Morgan fingerprint density at radius 2 is 2.06 bits per heavy atom. The predicted octanol–water partition coefficient (Wildman–Crippen LogP) is 2.75. The van der Waals surface area contributed by atoms with Crippen LogP contribution in [0.1, 0.15) is 25.8 Å². The second kappa shape index (κ2) is 5.30. The fraction of sp³-hybridized carbons (Fsp3) is 0.538. The molecular weight excluding hydrogens is 205 g/mol. The Kier molecular flexibility index (Phi) is 4.30. The molecule has 0 saturated carbocycles. The van der Waals surface area contributed by atoms with Crippen LogP contribution < -0.4 is 10.5 Å². The van der Waals surface area contributed by atoms with E-state index in [4.69, 9.17) is 10.5 Å². The summed E-state index contributed by atoms with van der Waals surface area (Å²) in [6.45, 7) is 4.88. The largest absolute Gasteiger partial charge is 0.494 e. The van der Waals surface area contributed by atoms with Gasteiger partial charge in [0.25, 0.3) is 0 Å². The van der Waals surface area contributed by atoms with Crippen LogP contribution in [0.25, 0.3) is 0 Å². The standard InChI is InChI=1S/C13H20FNO/c1-13(2,9-15)7-6-10-4-5-12(16-3)11(14)8-10/h4-5,8H,6-7,9,15H2,1-3H3. The van der Waals surface area contributed by atoms with Crippen molar-refractivity contribution in [3.63, 3.8) is 0 Å². The number of ether oxygens (including phenoxy) is 1. The fourth-order valence-corrected chi connectivity index (χ4v) is 1.45. The maximum absolute atomic E-state index is 13.4. The van der Waals surface area contributed by atoms with Crippen LogP contribution in [0.4, 0.5) is 4.39 Å². The highest BCUT2D eigenvalue weighted by Crippen LogP contribution is 2.23. The number of nitrogens with two attached hydrogens (primary N) is 1. The zero-order valence-electron chi connectivity index (χ0n) is 10.2. The van der Waals surface area contributed by atoms with Crippen molar-refractivity contribution >= 4 is 0 Å². The van der Waals surface area contributed by atoms with Gasteiger partial charge in [-0.3, -0.25) is 0 Å². The van der Waals surface area contributed by atoms with Crippen molar-refractivity contribution in [2.75, 3.05) is 13.7 Å². The summed E-state index contributed by atoms with van der Waals surface area (Å²) in [6.07, 6.45) is 1.79. The Labute approximate surface area is 96.6 Å². The van der Waals surface area contributed by atoms with Gasteiger partial charge in [0, 0.05) is 0 Å². The summed E-state index contributed by atoms with van der Waals surface area (Å²) in [5.74, 6) is -0.00705. The summed E-state index contributed by atoms with van der Waals surface area (Å²) in [5.41, 5.74) is 6.75. The summed E-state index contributed by atoms with van der Waals surface area (Å²) in [5, 5.41) is 0. The third-order valence-electron chi connectivity index (χ3n) is 2.86. The lowest BCUT2D eigenvalue weighted by atomic mass is 9.86. The lowest BCUT2D eigenvalue weighted by molar-refractivity contribution is 0.347. The van der Waals surface area contributed by atoms with Gasteiger partial charge in [-0.05, 0) is 42.5 Å². The Hall–Kier alpha value is -1.09. The van der Waals surface area contributed by atoms with Crippen molar-refractivity contribution in [1.29, 1.82) is 0 Å². The maximum Gasteiger partial charge on any atom is 0.165 e. The van der Waals surface area contributed by atoms with Crippen molar-refractivity contribution in [3.05, 3.63) is 29.6 Å². The summed E-state index contributed by atoms with van der Waals surface area (Å²) in [7, 11) is 1.47. The summed E-state index contributed by atoms with van der Waals surface area (Å²) >= 11 is 0. The number of halogens is 1. The van der Waals surface area contributed by atoms with Gasteiger partial charge in [0.15, 0.2) is 11.6 Å². The molecule has 0 aliphatic heterocycles. The van der Waals surface area contributed by atoms with E-state index >= 15 is 0 Å². The lowest BCUT2D eigenvalue weighted by Crippen LogP contribution is -2.24. The van der Waals surface area contributed by atoms with Crippen molar-refractivity contribution in [2.45, 2.75) is 26.7 Å². The van der Waals surface area contributed by atoms with Gasteiger partial charge in [0.05, 0.1) is 7.11 Å². The molecular formula is C13H20FNO. The quantitative estimate of drug-likeness (QED) is 0.836. The first-order valence-electron chi connectivity index (χ1n) is 5.51. The molecule has 2 nitrogen and oxygen atoms in total. The Morgan fingerprint density at radius 3 is 2.56 bits per heavy atom. The number of hydrogen-bond donors (Lipinski definition) is 1. The SMILES string of the molecule is COc1ccc(CCC(C)(C)CN)cc1F. The van der Waals surface area contributed by atoms with E-state index in [-0.39, 0.29) is 11.2 Å². The number of methoxy groups -OCH3 is 1. The fourth-order valence-electron chi connectivity index (χ4n) is 1.45. The van der Waals surface area contributed by atoms with E-state index < -0.39 is 0 Å². The second-order valence-corrected chi connectivity index (χ2v) is 4.84. The first kappa shape index (κ1) is 13.0. The summed E-state index contributed by atoms with van der Waals surface area (Å²) in [4.78, 5) is 0. The minimum atomic E-state index is -0.300. The highest BCUT2D eigenvalue weighted by molar-refractivity contribution is 5.29. The monoisotopic (exact) mass is 225 g/mol. The minimum Gasteiger partial charge on any atom is -0.494 e. The number of aryl methyl sites for hydroxylation is 1. The van der Waals surface area contributed by atoms with Crippen molar-refractivity contribution in [3.8, 4) is 5.75 Å². The van der Waals surface area contributed by atoms with E-state index in [1.165, 1.54) is 13.2 Å². The molecule has 0 radical (unpaired) electrons. The van der Waals surface area contributed by atoms with E-state index in [0.717, 1.165) is 18.4 Å². The average Bonchev–Trinajstić information content (AvgIpc) is 2.27. The number of hydrogen-bond acceptors (Lipinski definition) is 2. The molecule has 0 aromatic heterocycles. The van der Waals surface area contributed by atoms with Crippen LogP contribution in [-0.4, -0.2) is 13.7 Å². The molecule has 1 aromatic rings. The van der Waals surface area contributed by atoms with Gasteiger partial charge in [-0.15, -0.1) is 0 Å². The molecule has 0 aliphatic carbocycles. The first-order chi connectivity index (χ1) is 7.48. The van der Waals surface area contributed by atoms with E-state index in [1.54, 1.807) is 6.07 Å². The molecule has 0 unspecified atom stereocenters. The van der Waals surface area contributed by atoms with Crippen LogP contribution in [0.15, 0.2) is 18.2 Å². The zero-order valence-corrected chi connectivity index (χ0v) is 10.2. The molecule has 0 spiro atoms. The van der Waals surface area contributed by atoms with E-state index in [9.17, 15) is 4.39 Å². The van der Waals surface area contributed by atoms with Crippen LogP contribution in [0, 0.1) is 11.2 Å². The Morgan fingerprint density at radius 1 is 1.38 bits per heavy atom. The van der Waals surface area contributed by atoms with Gasteiger partial charge in [-0.25, -0.2) is 4.39 Å². The second-order valence-electron chi connectivity index (χ2n) is 4.84. The van der Waals surface area contributed by atoms with Crippen molar-refractivity contribution in [2.24, 2.45) is 11.1 Å². The molecule has 0 aliphatic rings. The number of benzene rings is 1. The first-order valence-corrected chi connectivity index (χ1v) is 5.51. The third-order valence-corrected chi connectivity index (χ3v) is 2.86. The van der Waals surface area contributed by atoms with Gasteiger partial charge in [-0.1, -0.05) is 19.9 Å². The van der Waals surface area contributed by atoms with Gasteiger partial charge >= 0.3 is 0 Å². The molecule has 2 N–H and O–H groups in total. The van der Waals surface area contributed by atoms with Crippen LogP contribution in [0.2, 0.25) is 0 Å². The Balaban J connectivity index is 2.65. The molecule has 0 saturated heterocycles. The van der Waals surface area contributed by atoms with Crippen molar-refractivity contribution < 1.29 is 9.13 Å². The maximum atomic E-state index is 13.4. The van der Waals surface area contributed by atoms with Gasteiger partial charge < -0.3 is 10.5 Å². The van der Waals surface area contributed by atoms with E-state index in [2.05, 4.69) is 13.8 Å². The zero-order chi connectivity index (χ0) is 12.2. The Bertz CT molecular complexity index is 350. The van der Waals surface area contributed by atoms with Crippen molar-refractivity contribution in [1.82, 2.24) is 0 Å². The normalized spacial score (nSPS) is 11.6. The van der Waals surface area contributed by atoms with Gasteiger partial charge in [-0.2, -0.15) is 0 Å². The molecule has 0 heterocycles. The topological polar surface area (TPSA) is 35.2 Å². The molecule has 16 heavy (non-hydrogen) atoms. The highest BCUT2D eigenvalue weighted by atomic mass is 19.1. The lowest BCUT2D eigenvalue weighted by Gasteiger charge is -2.22.